The van der Waals surface area contributed by atoms with E-state index in [-0.39, 0.29) is 17.8 Å². The van der Waals surface area contributed by atoms with Crippen molar-refractivity contribution in [2.75, 3.05) is 0 Å². The van der Waals surface area contributed by atoms with E-state index in [2.05, 4.69) is 10.3 Å². The van der Waals surface area contributed by atoms with Crippen molar-refractivity contribution in [2.45, 2.75) is 26.8 Å². The predicted octanol–water partition coefficient (Wildman–Crippen LogP) is 3.87. The number of carbonyl (C=O) groups is 1. The molecule has 0 aliphatic rings. The van der Waals surface area contributed by atoms with Crippen molar-refractivity contribution >= 4 is 22.8 Å². The Morgan fingerprint density at radius 2 is 2.14 bits per heavy atom. The monoisotopic (exact) mass is 304 g/mol. The first-order chi connectivity index (χ1) is 9.97. The number of rotatable bonds is 4. The fourth-order valence-corrected chi connectivity index (χ4v) is 2.75. The van der Waals surface area contributed by atoms with Gasteiger partial charge in [-0.3, -0.25) is 4.79 Å². The van der Waals surface area contributed by atoms with Crippen molar-refractivity contribution in [3.05, 3.63) is 57.8 Å². The first-order valence-electron chi connectivity index (χ1n) is 6.63. The lowest BCUT2D eigenvalue weighted by Crippen LogP contribution is -2.24. The summed E-state index contributed by atoms with van der Waals surface area (Å²) < 4.78 is 13.6. The second kappa shape index (κ2) is 6.63. The van der Waals surface area contributed by atoms with Crippen molar-refractivity contribution in [1.29, 1.82) is 0 Å². The Balaban J connectivity index is 2.07. The Labute approximate surface area is 127 Å². The molecule has 1 aromatic heterocycles. The quantitative estimate of drug-likeness (QED) is 0.871. The number of benzene rings is 1. The van der Waals surface area contributed by atoms with Gasteiger partial charge in [0.1, 0.15) is 10.8 Å². The summed E-state index contributed by atoms with van der Waals surface area (Å²) in [6, 6.07) is 6.24. The van der Waals surface area contributed by atoms with Crippen molar-refractivity contribution in [2.24, 2.45) is 0 Å². The molecule has 1 N–H and O–H groups in total. The molecule has 0 aliphatic carbocycles. The topological polar surface area (TPSA) is 42.0 Å². The highest BCUT2D eigenvalue weighted by Crippen LogP contribution is 2.19. The molecule has 0 spiro atoms. The van der Waals surface area contributed by atoms with Crippen molar-refractivity contribution in [1.82, 2.24) is 10.3 Å². The molecule has 2 aromatic rings. The van der Waals surface area contributed by atoms with Gasteiger partial charge in [-0.2, -0.15) is 0 Å². The van der Waals surface area contributed by atoms with E-state index in [1.807, 2.05) is 19.2 Å². The highest BCUT2D eigenvalue weighted by atomic mass is 32.1. The number of hydrogen-bond donors (Lipinski definition) is 1. The van der Waals surface area contributed by atoms with Gasteiger partial charge in [-0.15, -0.1) is 11.3 Å². The summed E-state index contributed by atoms with van der Waals surface area (Å²) in [5, 5.41) is 5.64. The van der Waals surface area contributed by atoms with Crippen LogP contribution in [0.1, 0.15) is 36.2 Å². The molecular formula is C16H17FN2OS. The third-order valence-electron chi connectivity index (χ3n) is 3.01. The number of nitrogens with zero attached hydrogens (tertiary/aromatic N) is 1. The van der Waals surface area contributed by atoms with Gasteiger partial charge >= 0.3 is 0 Å². The Morgan fingerprint density at radius 1 is 1.43 bits per heavy atom. The van der Waals surface area contributed by atoms with Crippen LogP contribution in [-0.2, 0) is 4.79 Å². The maximum absolute atomic E-state index is 13.6. The van der Waals surface area contributed by atoms with E-state index in [0.717, 1.165) is 10.7 Å². The maximum Gasteiger partial charge on any atom is 0.244 e. The van der Waals surface area contributed by atoms with Gasteiger partial charge in [-0.05, 0) is 32.4 Å². The Morgan fingerprint density at radius 3 is 2.76 bits per heavy atom. The summed E-state index contributed by atoms with van der Waals surface area (Å²) >= 11 is 1.51. The smallest absolute Gasteiger partial charge is 0.244 e. The molecular weight excluding hydrogens is 287 g/mol. The standard InChI is InChI=1S/C16H17FN2OS/c1-10(13-6-4-5-7-14(13)17)8-15(20)19-12(3)16-18-11(2)9-21-16/h4-9,12H,1-3H3,(H,19,20). The summed E-state index contributed by atoms with van der Waals surface area (Å²) in [5.74, 6) is -0.584. The van der Waals surface area contributed by atoms with Gasteiger partial charge in [0, 0.05) is 22.7 Å². The molecule has 1 unspecified atom stereocenters. The Bertz CT molecular complexity index is 678. The average Bonchev–Trinajstić information content (AvgIpc) is 2.85. The zero-order valence-corrected chi connectivity index (χ0v) is 13.0. The molecule has 1 heterocycles. The molecule has 1 atom stereocenters. The fourth-order valence-electron chi connectivity index (χ4n) is 1.94. The minimum Gasteiger partial charge on any atom is -0.344 e. The van der Waals surface area contributed by atoms with Crippen LogP contribution in [0.2, 0.25) is 0 Å². The van der Waals surface area contributed by atoms with Gasteiger partial charge in [-0.25, -0.2) is 9.37 Å². The van der Waals surface area contributed by atoms with E-state index in [1.54, 1.807) is 25.1 Å². The second-order valence-electron chi connectivity index (χ2n) is 4.86. The molecule has 1 amide bonds. The molecule has 0 aliphatic heterocycles. The molecule has 0 saturated carbocycles. The Kier molecular flexibility index (Phi) is 4.85. The largest absolute Gasteiger partial charge is 0.344 e. The van der Waals surface area contributed by atoms with Crippen LogP contribution in [0.3, 0.4) is 0 Å². The van der Waals surface area contributed by atoms with Crippen LogP contribution in [0.4, 0.5) is 4.39 Å². The van der Waals surface area contributed by atoms with Crippen LogP contribution in [-0.4, -0.2) is 10.9 Å². The van der Waals surface area contributed by atoms with Crippen LogP contribution in [0.15, 0.2) is 35.7 Å². The molecule has 0 radical (unpaired) electrons. The van der Waals surface area contributed by atoms with Crippen LogP contribution < -0.4 is 5.32 Å². The highest BCUT2D eigenvalue weighted by Gasteiger charge is 2.12. The predicted molar refractivity (Wildman–Crippen MR) is 83.5 cm³/mol. The number of nitrogens with one attached hydrogen (secondary N) is 1. The summed E-state index contributed by atoms with van der Waals surface area (Å²) in [6.07, 6.45) is 1.41. The number of carbonyl (C=O) groups excluding carboxylic acids is 1. The van der Waals surface area contributed by atoms with Crippen LogP contribution in [0.25, 0.3) is 5.57 Å². The number of thiazole rings is 1. The number of halogens is 1. The van der Waals surface area contributed by atoms with E-state index in [9.17, 15) is 9.18 Å². The van der Waals surface area contributed by atoms with Gasteiger partial charge in [0.15, 0.2) is 0 Å². The van der Waals surface area contributed by atoms with Gasteiger partial charge in [0.2, 0.25) is 5.91 Å². The van der Waals surface area contributed by atoms with E-state index in [1.165, 1.54) is 23.5 Å². The molecule has 5 heteroatoms. The van der Waals surface area contributed by atoms with Gasteiger partial charge in [0.25, 0.3) is 0 Å². The van der Waals surface area contributed by atoms with Crippen LogP contribution in [0.5, 0.6) is 0 Å². The van der Waals surface area contributed by atoms with Crippen molar-refractivity contribution < 1.29 is 9.18 Å². The van der Waals surface area contributed by atoms with Crippen LogP contribution in [0, 0.1) is 12.7 Å². The lowest BCUT2D eigenvalue weighted by Gasteiger charge is -2.10. The van der Waals surface area contributed by atoms with Gasteiger partial charge in [-0.1, -0.05) is 18.2 Å². The number of aryl methyl sites for hydroxylation is 1. The number of amides is 1. The molecule has 110 valence electrons. The van der Waals surface area contributed by atoms with E-state index in [0.29, 0.717) is 11.1 Å². The van der Waals surface area contributed by atoms with Crippen molar-refractivity contribution in [3.63, 3.8) is 0 Å². The third kappa shape index (κ3) is 3.98. The van der Waals surface area contributed by atoms with Crippen molar-refractivity contribution in [3.8, 4) is 0 Å². The summed E-state index contributed by atoms with van der Waals surface area (Å²) in [5.41, 5.74) is 1.97. The third-order valence-corrected chi connectivity index (χ3v) is 4.16. The normalized spacial score (nSPS) is 13.0. The van der Waals surface area contributed by atoms with Gasteiger partial charge < -0.3 is 5.32 Å². The number of aromatic nitrogens is 1. The van der Waals surface area contributed by atoms with E-state index in [4.69, 9.17) is 0 Å². The summed E-state index contributed by atoms with van der Waals surface area (Å²) in [7, 11) is 0. The SMILES string of the molecule is CC(=CC(=O)NC(C)c1nc(C)cs1)c1ccccc1F. The minimum absolute atomic E-state index is 0.166. The summed E-state index contributed by atoms with van der Waals surface area (Å²) in [4.78, 5) is 16.3. The van der Waals surface area contributed by atoms with E-state index < -0.39 is 0 Å². The van der Waals surface area contributed by atoms with E-state index >= 15 is 0 Å². The molecule has 0 fully saturated rings. The first kappa shape index (κ1) is 15.4. The second-order valence-corrected chi connectivity index (χ2v) is 5.75. The summed E-state index contributed by atoms with van der Waals surface area (Å²) in [6.45, 7) is 5.51. The highest BCUT2D eigenvalue weighted by molar-refractivity contribution is 7.09. The lowest BCUT2D eigenvalue weighted by atomic mass is 10.1. The molecule has 3 nitrogen and oxygen atoms in total. The molecule has 0 bridgehead atoms. The molecule has 0 saturated heterocycles. The Hall–Kier alpha value is -2.01. The van der Waals surface area contributed by atoms with Gasteiger partial charge in [0.05, 0.1) is 6.04 Å². The first-order valence-corrected chi connectivity index (χ1v) is 7.51. The average molecular weight is 304 g/mol. The zero-order valence-electron chi connectivity index (χ0n) is 12.2. The number of allylic oxidation sites excluding steroid dienone is 1. The molecule has 21 heavy (non-hydrogen) atoms. The maximum atomic E-state index is 13.6. The zero-order chi connectivity index (χ0) is 15.4. The minimum atomic E-state index is -0.331. The number of hydrogen-bond acceptors (Lipinski definition) is 3. The fraction of sp³-hybridized carbons (Fsp3) is 0.250. The molecule has 2 rings (SSSR count). The molecule has 1 aromatic carbocycles. The van der Waals surface area contributed by atoms with Crippen LogP contribution >= 0.6 is 11.3 Å². The lowest BCUT2D eigenvalue weighted by molar-refractivity contribution is -0.117.